The second-order valence-electron chi connectivity index (χ2n) is 7.90. The van der Waals surface area contributed by atoms with Gasteiger partial charge >= 0.3 is 6.18 Å². The van der Waals surface area contributed by atoms with Crippen LogP contribution in [-0.4, -0.2) is 22.8 Å². The number of benzene rings is 2. The highest BCUT2D eigenvalue weighted by Crippen LogP contribution is 2.39. The van der Waals surface area contributed by atoms with Crippen molar-refractivity contribution in [1.82, 2.24) is 9.88 Å². The topological polar surface area (TPSA) is 68.5 Å². The van der Waals surface area contributed by atoms with E-state index in [1.807, 2.05) is 6.92 Å². The molecule has 1 amide bonds. The second-order valence-corrected chi connectivity index (χ2v) is 7.90. The Morgan fingerprint density at radius 3 is 2.53 bits per heavy atom. The van der Waals surface area contributed by atoms with Crippen LogP contribution in [0.5, 0.6) is 0 Å². The van der Waals surface area contributed by atoms with Crippen LogP contribution in [0, 0.1) is 5.82 Å². The average Bonchev–Trinajstić information content (AvgIpc) is 3.13. The summed E-state index contributed by atoms with van der Waals surface area (Å²) in [5, 5.41) is 0.582. The number of rotatable bonds is 3. The van der Waals surface area contributed by atoms with Crippen LogP contribution < -0.4 is 5.73 Å². The Morgan fingerprint density at radius 2 is 1.91 bits per heavy atom. The molecule has 0 unspecified atom stereocenters. The molecule has 4 rings (SSSR count). The lowest BCUT2D eigenvalue weighted by Gasteiger charge is -2.26. The minimum Gasteiger partial charge on any atom is -0.383 e. The van der Waals surface area contributed by atoms with Gasteiger partial charge < -0.3 is 15.4 Å². The van der Waals surface area contributed by atoms with E-state index >= 15 is 0 Å². The third-order valence-corrected chi connectivity index (χ3v) is 5.99. The van der Waals surface area contributed by atoms with Gasteiger partial charge in [0.15, 0.2) is 0 Å². The maximum absolute atomic E-state index is 14.9. The van der Waals surface area contributed by atoms with Crippen LogP contribution in [0.4, 0.5) is 23.4 Å². The fraction of sp³-hybridized carbons (Fsp3) is 0.304. The van der Waals surface area contributed by atoms with Gasteiger partial charge in [-0.25, -0.2) is 9.37 Å². The van der Waals surface area contributed by atoms with Gasteiger partial charge in [-0.1, -0.05) is 12.1 Å². The van der Waals surface area contributed by atoms with E-state index in [4.69, 9.17) is 10.5 Å². The summed E-state index contributed by atoms with van der Waals surface area (Å²) in [5.41, 5.74) is 7.39. The van der Waals surface area contributed by atoms with Crippen LogP contribution in [0.15, 0.2) is 36.4 Å². The third-order valence-electron chi connectivity index (χ3n) is 5.99. The molecule has 5 nitrogen and oxygen atoms in total. The number of ether oxygens (including phenoxy) is 1. The van der Waals surface area contributed by atoms with E-state index in [0.717, 1.165) is 23.3 Å². The first kappa shape index (κ1) is 22.0. The number of nitrogens with zero attached hydrogens (tertiary/aromatic N) is 2. The first-order valence-electron chi connectivity index (χ1n) is 9.96. The van der Waals surface area contributed by atoms with Crippen LogP contribution in [-0.2, 0) is 17.5 Å². The first-order valence-corrected chi connectivity index (χ1v) is 9.96. The van der Waals surface area contributed by atoms with E-state index in [9.17, 15) is 22.4 Å². The van der Waals surface area contributed by atoms with Crippen LogP contribution in [0.25, 0.3) is 10.9 Å². The second kappa shape index (κ2) is 7.74. The van der Waals surface area contributed by atoms with Crippen molar-refractivity contribution in [2.75, 3.05) is 12.8 Å². The quantitative estimate of drug-likeness (QED) is 0.546. The van der Waals surface area contributed by atoms with Gasteiger partial charge in [0.05, 0.1) is 35.4 Å². The fourth-order valence-corrected chi connectivity index (χ4v) is 3.99. The Bertz CT molecular complexity index is 1210. The number of anilines is 1. The van der Waals surface area contributed by atoms with E-state index in [0.29, 0.717) is 16.5 Å². The Hall–Kier alpha value is -3.20. The molecule has 0 fully saturated rings. The summed E-state index contributed by atoms with van der Waals surface area (Å²) in [7, 11) is 1.48. The Labute approximate surface area is 181 Å². The molecule has 2 atom stereocenters. The molecule has 168 valence electrons. The van der Waals surface area contributed by atoms with Crippen molar-refractivity contribution in [3.63, 3.8) is 0 Å². The lowest BCUT2D eigenvalue weighted by Crippen LogP contribution is -2.30. The molecule has 0 aliphatic carbocycles. The molecular formula is C23H21F4N3O2. The van der Waals surface area contributed by atoms with Gasteiger partial charge in [-0.3, -0.25) is 4.79 Å². The number of aromatic nitrogens is 1. The number of carbonyl (C=O) groups excluding carboxylic acids is 1. The van der Waals surface area contributed by atoms with Crippen molar-refractivity contribution in [2.24, 2.45) is 0 Å². The van der Waals surface area contributed by atoms with Gasteiger partial charge in [0.1, 0.15) is 11.6 Å². The van der Waals surface area contributed by atoms with E-state index in [-0.39, 0.29) is 24.1 Å². The molecule has 0 saturated heterocycles. The van der Waals surface area contributed by atoms with Gasteiger partial charge in [-0.05, 0) is 43.2 Å². The molecule has 2 N–H and O–H groups in total. The molecule has 1 aliphatic rings. The van der Waals surface area contributed by atoms with Gasteiger partial charge in [-0.2, -0.15) is 13.2 Å². The number of nitrogen functional groups attached to an aromatic ring is 1. The normalized spacial score (nSPS) is 16.8. The van der Waals surface area contributed by atoms with Crippen molar-refractivity contribution < 1.29 is 27.1 Å². The summed E-state index contributed by atoms with van der Waals surface area (Å²) in [4.78, 5) is 18.7. The van der Waals surface area contributed by atoms with Crippen molar-refractivity contribution >= 4 is 22.6 Å². The first-order chi connectivity index (χ1) is 15.0. The van der Waals surface area contributed by atoms with Crippen molar-refractivity contribution in [3.8, 4) is 0 Å². The number of alkyl halides is 3. The molecular weight excluding hydrogens is 426 g/mol. The number of carbonyl (C=O) groups is 1. The summed E-state index contributed by atoms with van der Waals surface area (Å²) in [6, 6.07) is 6.56. The highest BCUT2D eigenvalue weighted by atomic mass is 19.4. The number of halogens is 4. The number of pyridine rings is 1. The number of hydrogen-bond donors (Lipinski definition) is 1. The number of nitrogens with two attached hydrogens (primary N) is 1. The van der Waals surface area contributed by atoms with E-state index in [2.05, 4.69) is 4.98 Å². The zero-order valence-electron chi connectivity index (χ0n) is 17.6. The lowest BCUT2D eigenvalue weighted by atomic mass is 9.99. The van der Waals surface area contributed by atoms with Crippen LogP contribution in [0.3, 0.4) is 0 Å². The minimum absolute atomic E-state index is 0.160. The summed E-state index contributed by atoms with van der Waals surface area (Å²) in [6.07, 6.45) is -4.70. The average molecular weight is 447 g/mol. The highest BCUT2D eigenvalue weighted by Gasteiger charge is 2.31. The molecule has 0 spiro atoms. The zero-order valence-corrected chi connectivity index (χ0v) is 17.6. The largest absolute Gasteiger partial charge is 0.416 e. The predicted octanol–water partition coefficient (Wildman–Crippen LogP) is 5.40. The predicted molar refractivity (Wildman–Crippen MR) is 111 cm³/mol. The Morgan fingerprint density at radius 1 is 1.25 bits per heavy atom. The third kappa shape index (κ3) is 3.66. The zero-order chi connectivity index (χ0) is 23.4. The van der Waals surface area contributed by atoms with E-state index in [1.165, 1.54) is 36.2 Å². The summed E-state index contributed by atoms with van der Waals surface area (Å²) in [5.74, 6) is -1.09. The number of amides is 1. The molecule has 0 radical (unpaired) electrons. The molecule has 2 aromatic carbocycles. The van der Waals surface area contributed by atoms with Crippen LogP contribution >= 0.6 is 0 Å². The molecule has 0 saturated carbocycles. The minimum atomic E-state index is -4.45. The van der Waals surface area contributed by atoms with Crippen LogP contribution in [0.1, 0.15) is 58.6 Å². The summed E-state index contributed by atoms with van der Waals surface area (Å²) < 4.78 is 58.9. The molecule has 1 aromatic heterocycles. The SMILES string of the molecule is C[C@H](c1ccc(C(F)(F)F)cc1)N(C)C(=O)c1cc2c3c(c(N)nc2cc1F)[C@@H](C)OC3. The van der Waals surface area contributed by atoms with Gasteiger partial charge in [-0.15, -0.1) is 0 Å². The van der Waals surface area contributed by atoms with Crippen LogP contribution in [0.2, 0.25) is 0 Å². The summed E-state index contributed by atoms with van der Waals surface area (Å²) >= 11 is 0. The van der Waals surface area contributed by atoms with E-state index < -0.39 is 29.5 Å². The highest BCUT2D eigenvalue weighted by molar-refractivity contribution is 5.99. The maximum atomic E-state index is 14.9. The number of hydrogen-bond acceptors (Lipinski definition) is 4. The van der Waals surface area contributed by atoms with E-state index in [1.54, 1.807) is 6.92 Å². The van der Waals surface area contributed by atoms with Crippen molar-refractivity contribution in [3.05, 3.63) is 70.0 Å². The Kier molecular flexibility index (Phi) is 5.32. The Balaban J connectivity index is 1.68. The smallest absolute Gasteiger partial charge is 0.383 e. The van der Waals surface area contributed by atoms with Gasteiger partial charge in [0.25, 0.3) is 5.91 Å². The fourth-order valence-electron chi connectivity index (χ4n) is 3.99. The standard InChI is InChI=1S/C23H21F4N3O2/c1-11(13-4-6-14(7-5-13)23(25,26)27)30(3)22(31)16-8-15-17-10-32-12(2)20(17)21(28)29-19(15)9-18(16)24/h4-9,11-12H,10H2,1-3H3,(H2,28,29)/t11-,12-/m1/s1. The van der Waals surface area contributed by atoms with Gasteiger partial charge in [0.2, 0.25) is 0 Å². The summed E-state index contributed by atoms with van der Waals surface area (Å²) in [6.45, 7) is 3.77. The molecule has 1 aliphatic heterocycles. The van der Waals surface area contributed by atoms with Gasteiger partial charge in [0, 0.05) is 24.1 Å². The molecule has 32 heavy (non-hydrogen) atoms. The monoisotopic (exact) mass is 447 g/mol. The molecule has 9 heteroatoms. The van der Waals surface area contributed by atoms with Crippen molar-refractivity contribution in [2.45, 2.75) is 38.8 Å². The lowest BCUT2D eigenvalue weighted by molar-refractivity contribution is -0.137. The maximum Gasteiger partial charge on any atom is 0.416 e. The van der Waals surface area contributed by atoms with Crippen molar-refractivity contribution in [1.29, 1.82) is 0 Å². The number of fused-ring (bicyclic) bond motifs is 3. The molecule has 2 heterocycles. The molecule has 0 bridgehead atoms. The molecule has 3 aromatic rings.